The topological polar surface area (TPSA) is 20.2 Å². The van der Waals surface area contributed by atoms with Crippen molar-refractivity contribution in [2.75, 3.05) is 0 Å². The van der Waals surface area contributed by atoms with Gasteiger partial charge in [-0.25, -0.2) is 0 Å². The van der Waals surface area contributed by atoms with Crippen molar-refractivity contribution < 1.29 is 5.11 Å². The molecule has 0 fully saturated rings. The van der Waals surface area contributed by atoms with Crippen LogP contribution >= 0.6 is 22.6 Å². The van der Waals surface area contributed by atoms with Crippen LogP contribution in [0.15, 0.2) is 36.4 Å². The summed E-state index contributed by atoms with van der Waals surface area (Å²) >= 11 is 1.90. The van der Waals surface area contributed by atoms with Crippen LogP contribution in [0.1, 0.15) is 6.92 Å². The lowest BCUT2D eigenvalue weighted by atomic mass is 10.4. The maximum atomic E-state index is 8.04. The van der Waals surface area contributed by atoms with Gasteiger partial charge in [-0.05, 0) is 6.92 Å². The number of benzene rings is 1. The highest BCUT2D eigenvalue weighted by Gasteiger charge is 1.72. The first-order valence-corrected chi connectivity index (χ1v) is 4.30. The maximum Gasteiger partial charge on any atom is 0.102 e. The smallest absolute Gasteiger partial charge is 0.102 e. The van der Waals surface area contributed by atoms with Gasteiger partial charge in [0.05, 0.1) is 0 Å². The van der Waals surface area contributed by atoms with Crippen molar-refractivity contribution in [1.29, 1.82) is 0 Å². The molecule has 0 heterocycles. The lowest BCUT2D eigenvalue weighted by Gasteiger charge is -1.77. The second kappa shape index (κ2) is 7.02. The molecule has 1 unspecified atom stereocenters. The predicted octanol–water partition coefficient (Wildman–Crippen LogP) is 2.45. The molecule has 0 aliphatic carbocycles. The zero-order chi connectivity index (χ0) is 7.82. The van der Waals surface area contributed by atoms with Crippen molar-refractivity contribution in [2.24, 2.45) is 0 Å². The van der Waals surface area contributed by atoms with Gasteiger partial charge in [0.25, 0.3) is 0 Å². The molecule has 2 heteroatoms. The molecule has 0 aliphatic rings. The van der Waals surface area contributed by atoms with Crippen LogP contribution in [0.25, 0.3) is 0 Å². The Morgan fingerprint density at radius 3 is 1.20 bits per heavy atom. The van der Waals surface area contributed by atoms with E-state index in [4.69, 9.17) is 5.11 Å². The Balaban J connectivity index is 0.000000180. The van der Waals surface area contributed by atoms with Crippen molar-refractivity contribution >= 4 is 22.6 Å². The van der Waals surface area contributed by atoms with E-state index in [1.165, 1.54) is 0 Å². The number of hydrogen-bond acceptors (Lipinski definition) is 1. The molecule has 0 bridgehead atoms. The number of hydrogen-bond donors (Lipinski definition) is 1. The van der Waals surface area contributed by atoms with Crippen molar-refractivity contribution in [3.63, 3.8) is 0 Å². The summed E-state index contributed by atoms with van der Waals surface area (Å²) in [5.41, 5.74) is 0. The molecular formula is C8H11IO. The van der Waals surface area contributed by atoms with Gasteiger partial charge in [-0.2, -0.15) is 0 Å². The minimum absolute atomic E-state index is 0.197. The molecule has 1 atom stereocenters. The largest absolute Gasteiger partial charge is 0.383 e. The second-order valence-electron chi connectivity index (χ2n) is 1.73. The monoisotopic (exact) mass is 250 g/mol. The normalized spacial score (nSPS) is 11.1. The van der Waals surface area contributed by atoms with Crippen LogP contribution < -0.4 is 0 Å². The molecule has 0 aromatic heterocycles. The van der Waals surface area contributed by atoms with Crippen LogP contribution in [-0.2, 0) is 0 Å². The molecule has 1 nitrogen and oxygen atoms in total. The van der Waals surface area contributed by atoms with Crippen molar-refractivity contribution in [2.45, 2.75) is 11.0 Å². The first-order chi connectivity index (χ1) is 4.73. The third-order valence-corrected chi connectivity index (χ3v) is 0.667. The van der Waals surface area contributed by atoms with E-state index in [0.29, 0.717) is 0 Å². The Labute approximate surface area is 75.2 Å². The number of halogens is 1. The van der Waals surface area contributed by atoms with Gasteiger partial charge in [0.2, 0.25) is 0 Å². The lowest BCUT2D eigenvalue weighted by Crippen LogP contribution is -1.77. The molecule has 1 aromatic carbocycles. The first kappa shape index (κ1) is 9.91. The molecule has 1 rings (SSSR count). The minimum Gasteiger partial charge on any atom is -0.383 e. The third kappa shape index (κ3) is 10.8. The number of aliphatic hydroxyl groups is 1. The standard InChI is InChI=1S/C6H6.C2H5IO/c1-2-4-6-5-3-1;1-2(3)4/h1-6H;2,4H,1H3. The number of alkyl halides is 1. The fourth-order valence-corrected chi connectivity index (χ4v) is 0.385. The molecule has 0 radical (unpaired) electrons. The van der Waals surface area contributed by atoms with Crippen LogP contribution in [0, 0.1) is 0 Å². The van der Waals surface area contributed by atoms with E-state index >= 15 is 0 Å². The molecule has 1 N–H and O–H groups in total. The van der Waals surface area contributed by atoms with Crippen molar-refractivity contribution in [3.8, 4) is 0 Å². The van der Waals surface area contributed by atoms with E-state index in [-0.39, 0.29) is 4.11 Å². The average Bonchev–Trinajstić information content (AvgIpc) is 1.90. The first-order valence-electron chi connectivity index (χ1n) is 3.05. The fraction of sp³-hybridized carbons (Fsp3) is 0.250. The minimum atomic E-state index is -0.197. The number of rotatable bonds is 0. The fourth-order valence-electron chi connectivity index (χ4n) is 0.385. The van der Waals surface area contributed by atoms with Gasteiger partial charge in [-0.15, -0.1) is 0 Å². The van der Waals surface area contributed by atoms with Crippen LogP contribution in [0.2, 0.25) is 0 Å². The molecule has 0 amide bonds. The van der Waals surface area contributed by atoms with Crippen LogP contribution in [-0.4, -0.2) is 9.22 Å². The maximum absolute atomic E-state index is 8.04. The molecule has 10 heavy (non-hydrogen) atoms. The van der Waals surface area contributed by atoms with E-state index in [2.05, 4.69) is 0 Å². The Morgan fingerprint density at radius 2 is 1.10 bits per heavy atom. The van der Waals surface area contributed by atoms with E-state index in [1.54, 1.807) is 6.92 Å². The zero-order valence-electron chi connectivity index (χ0n) is 5.87. The molecule has 0 saturated carbocycles. The summed E-state index contributed by atoms with van der Waals surface area (Å²) in [7, 11) is 0. The Kier molecular flexibility index (Phi) is 6.96. The molecular weight excluding hydrogens is 239 g/mol. The van der Waals surface area contributed by atoms with Crippen molar-refractivity contribution in [1.82, 2.24) is 0 Å². The highest BCUT2D eigenvalue weighted by Crippen LogP contribution is 1.86. The third-order valence-electron chi connectivity index (χ3n) is 0.667. The highest BCUT2D eigenvalue weighted by molar-refractivity contribution is 14.1. The van der Waals surface area contributed by atoms with Gasteiger partial charge in [0.15, 0.2) is 0 Å². The summed E-state index contributed by atoms with van der Waals surface area (Å²) in [6, 6.07) is 12.0. The molecule has 0 saturated heterocycles. The van der Waals surface area contributed by atoms with Gasteiger partial charge < -0.3 is 5.11 Å². The molecule has 0 spiro atoms. The quantitative estimate of drug-likeness (QED) is 0.554. The van der Waals surface area contributed by atoms with Crippen LogP contribution in [0.5, 0.6) is 0 Å². The molecule has 1 aromatic rings. The van der Waals surface area contributed by atoms with Gasteiger partial charge in [0, 0.05) is 0 Å². The number of aliphatic hydroxyl groups excluding tert-OH is 1. The van der Waals surface area contributed by atoms with Gasteiger partial charge in [-0.3, -0.25) is 0 Å². The summed E-state index contributed by atoms with van der Waals surface area (Å²) in [6.45, 7) is 1.71. The molecule has 0 aliphatic heterocycles. The van der Waals surface area contributed by atoms with E-state index in [1.807, 2.05) is 59.0 Å². The van der Waals surface area contributed by atoms with Gasteiger partial charge in [-0.1, -0.05) is 59.0 Å². The summed E-state index contributed by atoms with van der Waals surface area (Å²) in [4.78, 5) is 0. The summed E-state index contributed by atoms with van der Waals surface area (Å²) in [6.07, 6.45) is 0. The Hall–Kier alpha value is -0.0900. The Morgan fingerprint density at radius 1 is 1.00 bits per heavy atom. The molecule has 56 valence electrons. The second-order valence-corrected chi connectivity index (χ2v) is 3.53. The summed E-state index contributed by atoms with van der Waals surface area (Å²) in [5.74, 6) is 0. The van der Waals surface area contributed by atoms with E-state index < -0.39 is 0 Å². The zero-order valence-corrected chi connectivity index (χ0v) is 8.02. The van der Waals surface area contributed by atoms with Gasteiger partial charge in [0.1, 0.15) is 4.11 Å². The Bertz CT molecular complexity index is 110. The lowest BCUT2D eigenvalue weighted by molar-refractivity contribution is 0.299. The predicted molar refractivity (Wildman–Crippen MR) is 52.1 cm³/mol. The highest BCUT2D eigenvalue weighted by atomic mass is 127. The van der Waals surface area contributed by atoms with E-state index in [9.17, 15) is 0 Å². The summed E-state index contributed by atoms with van der Waals surface area (Å²) < 4.78 is -0.197. The van der Waals surface area contributed by atoms with E-state index in [0.717, 1.165) is 0 Å². The van der Waals surface area contributed by atoms with Crippen molar-refractivity contribution in [3.05, 3.63) is 36.4 Å². The van der Waals surface area contributed by atoms with Crippen LogP contribution in [0.4, 0.5) is 0 Å². The summed E-state index contributed by atoms with van der Waals surface area (Å²) in [5, 5.41) is 8.04. The van der Waals surface area contributed by atoms with Gasteiger partial charge >= 0.3 is 0 Å². The SMILES string of the molecule is CC(O)I.c1ccccc1. The average molecular weight is 250 g/mol. The van der Waals surface area contributed by atoms with Crippen LogP contribution in [0.3, 0.4) is 0 Å².